The maximum Gasteiger partial charge on any atom is 0.118 e. The Morgan fingerprint density at radius 3 is 2.42 bits per heavy atom. The summed E-state index contributed by atoms with van der Waals surface area (Å²) in [6.45, 7) is 1.78. The fourth-order valence-electron chi connectivity index (χ4n) is 1.71. The molecule has 2 rings (SSSR count). The number of ether oxygens (including phenoxy) is 1. The highest BCUT2D eigenvalue weighted by molar-refractivity contribution is 9.10. The molecule has 19 heavy (non-hydrogen) atoms. The van der Waals surface area contributed by atoms with Crippen molar-refractivity contribution in [3.05, 3.63) is 52.5 Å². The summed E-state index contributed by atoms with van der Waals surface area (Å²) >= 11 is 5.10. The van der Waals surface area contributed by atoms with E-state index in [4.69, 9.17) is 4.74 Å². The first-order valence-corrected chi connectivity index (χ1v) is 7.50. The van der Waals surface area contributed by atoms with Gasteiger partial charge in [0.05, 0.1) is 13.2 Å². The van der Waals surface area contributed by atoms with E-state index in [1.165, 1.54) is 0 Å². The predicted molar refractivity (Wildman–Crippen MR) is 81.9 cm³/mol. The van der Waals surface area contributed by atoms with Crippen molar-refractivity contribution < 1.29 is 9.84 Å². The molecular formula is C15H15BrO2S. The molecule has 0 bridgehead atoms. The van der Waals surface area contributed by atoms with Crippen molar-refractivity contribution in [1.82, 2.24) is 0 Å². The average Bonchev–Trinajstić information content (AvgIpc) is 2.39. The summed E-state index contributed by atoms with van der Waals surface area (Å²) in [5.41, 5.74) is 0.934. The topological polar surface area (TPSA) is 29.5 Å². The predicted octanol–water partition coefficient (Wildman–Crippen LogP) is 4.66. The van der Waals surface area contributed by atoms with E-state index in [0.717, 1.165) is 25.6 Å². The van der Waals surface area contributed by atoms with Crippen LogP contribution >= 0.6 is 27.7 Å². The molecule has 0 radical (unpaired) electrons. The van der Waals surface area contributed by atoms with Crippen LogP contribution in [-0.2, 0) is 0 Å². The molecule has 0 spiro atoms. The first-order valence-electron chi connectivity index (χ1n) is 5.89. The smallest absolute Gasteiger partial charge is 0.118 e. The lowest BCUT2D eigenvalue weighted by atomic mass is 10.1. The van der Waals surface area contributed by atoms with Crippen molar-refractivity contribution in [2.24, 2.45) is 0 Å². The molecule has 1 atom stereocenters. The van der Waals surface area contributed by atoms with E-state index in [2.05, 4.69) is 15.9 Å². The molecule has 0 amide bonds. The van der Waals surface area contributed by atoms with Gasteiger partial charge in [-0.2, -0.15) is 0 Å². The van der Waals surface area contributed by atoms with Crippen molar-refractivity contribution in [1.29, 1.82) is 0 Å². The fraction of sp³-hybridized carbons (Fsp3) is 0.200. The SMILES string of the molecule is COc1ccc(Sc2cc(Br)ccc2C(C)O)cc1. The van der Waals surface area contributed by atoms with Gasteiger partial charge in [0.15, 0.2) is 0 Å². The molecule has 0 aliphatic heterocycles. The quantitative estimate of drug-likeness (QED) is 0.878. The monoisotopic (exact) mass is 338 g/mol. The zero-order valence-electron chi connectivity index (χ0n) is 10.8. The standard InChI is InChI=1S/C15H15BrO2S/c1-10(17)14-8-3-11(16)9-15(14)19-13-6-4-12(18-2)5-7-13/h3-10,17H,1-2H3. The lowest BCUT2D eigenvalue weighted by molar-refractivity contribution is 0.196. The number of aliphatic hydroxyl groups excluding tert-OH is 1. The average molecular weight is 339 g/mol. The molecule has 0 fully saturated rings. The Morgan fingerprint density at radius 2 is 1.84 bits per heavy atom. The number of hydrogen-bond donors (Lipinski definition) is 1. The number of methoxy groups -OCH3 is 1. The highest BCUT2D eigenvalue weighted by Crippen LogP contribution is 2.35. The number of benzene rings is 2. The Balaban J connectivity index is 2.28. The first-order chi connectivity index (χ1) is 9.10. The van der Waals surface area contributed by atoms with Crippen LogP contribution in [0, 0.1) is 0 Å². The fourth-order valence-corrected chi connectivity index (χ4v) is 3.29. The molecule has 0 saturated heterocycles. The van der Waals surface area contributed by atoms with Gasteiger partial charge in [0, 0.05) is 14.3 Å². The minimum Gasteiger partial charge on any atom is -0.497 e. The summed E-state index contributed by atoms with van der Waals surface area (Å²) in [5, 5.41) is 9.81. The molecule has 0 aliphatic carbocycles. The van der Waals surface area contributed by atoms with Crippen LogP contribution in [0.1, 0.15) is 18.6 Å². The van der Waals surface area contributed by atoms with Gasteiger partial charge in [0.25, 0.3) is 0 Å². The van der Waals surface area contributed by atoms with Crippen LogP contribution in [0.5, 0.6) is 5.75 Å². The number of hydrogen-bond acceptors (Lipinski definition) is 3. The summed E-state index contributed by atoms with van der Waals surface area (Å²) < 4.78 is 6.15. The molecular weight excluding hydrogens is 324 g/mol. The van der Waals surface area contributed by atoms with E-state index in [1.807, 2.05) is 42.5 Å². The van der Waals surface area contributed by atoms with Crippen molar-refractivity contribution in [2.45, 2.75) is 22.8 Å². The van der Waals surface area contributed by atoms with Crippen LogP contribution in [0.15, 0.2) is 56.7 Å². The van der Waals surface area contributed by atoms with Crippen molar-refractivity contribution in [3.63, 3.8) is 0 Å². The Hall–Kier alpha value is -0.970. The lowest BCUT2D eigenvalue weighted by Crippen LogP contribution is -1.93. The molecule has 2 aromatic rings. The zero-order chi connectivity index (χ0) is 13.8. The van der Waals surface area contributed by atoms with Crippen LogP contribution < -0.4 is 4.74 Å². The summed E-state index contributed by atoms with van der Waals surface area (Å²) in [4.78, 5) is 2.16. The minimum atomic E-state index is -0.478. The highest BCUT2D eigenvalue weighted by Gasteiger charge is 2.10. The Bertz CT molecular complexity index is 553. The second-order valence-electron chi connectivity index (χ2n) is 4.14. The summed E-state index contributed by atoms with van der Waals surface area (Å²) in [7, 11) is 1.65. The molecule has 4 heteroatoms. The van der Waals surface area contributed by atoms with Gasteiger partial charge in [-0.3, -0.25) is 0 Å². The summed E-state index contributed by atoms with van der Waals surface area (Å²) in [5.74, 6) is 0.842. The van der Waals surface area contributed by atoms with E-state index in [9.17, 15) is 5.11 Å². The van der Waals surface area contributed by atoms with Gasteiger partial charge in [-0.15, -0.1) is 0 Å². The van der Waals surface area contributed by atoms with Crippen molar-refractivity contribution in [2.75, 3.05) is 7.11 Å². The Kier molecular flexibility index (Phi) is 4.91. The van der Waals surface area contributed by atoms with Crippen molar-refractivity contribution in [3.8, 4) is 5.75 Å². The zero-order valence-corrected chi connectivity index (χ0v) is 13.2. The van der Waals surface area contributed by atoms with Gasteiger partial charge in [-0.1, -0.05) is 33.8 Å². The highest BCUT2D eigenvalue weighted by atomic mass is 79.9. The normalized spacial score (nSPS) is 12.2. The Labute approximate surface area is 125 Å². The molecule has 1 unspecified atom stereocenters. The molecule has 2 aromatic carbocycles. The van der Waals surface area contributed by atoms with Crippen LogP contribution in [0.3, 0.4) is 0 Å². The number of aliphatic hydroxyl groups is 1. The van der Waals surface area contributed by atoms with E-state index in [-0.39, 0.29) is 0 Å². The second kappa shape index (κ2) is 6.46. The summed E-state index contributed by atoms with van der Waals surface area (Å²) in [6, 6.07) is 13.8. The van der Waals surface area contributed by atoms with Crippen LogP contribution in [0.2, 0.25) is 0 Å². The molecule has 2 nitrogen and oxygen atoms in total. The first kappa shape index (κ1) is 14.4. The lowest BCUT2D eigenvalue weighted by Gasteiger charge is -2.12. The number of halogens is 1. The molecule has 0 aromatic heterocycles. The van der Waals surface area contributed by atoms with E-state index < -0.39 is 6.10 Å². The van der Waals surface area contributed by atoms with Gasteiger partial charge < -0.3 is 9.84 Å². The summed E-state index contributed by atoms with van der Waals surface area (Å²) in [6.07, 6.45) is -0.478. The van der Waals surface area contributed by atoms with Gasteiger partial charge in [-0.05, 0) is 48.9 Å². The maximum absolute atomic E-state index is 9.81. The molecule has 0 aliphatic rings. The molecule has 100 valence electrons. The van der Waals surface area contributed by atoms with Crippen LogP contribution in [0.4, 0.5) is 0 Å². The van der Waals surface area contributed by atoms with E-state index in [0.29, 0.717) is 0 Å². The Morgan fingerprint density at radius 1 is 1.16 bits per heavy atom. The molecule has 1 N–H and O–H groups in total. The van der Waals surface area contributed by atoms with Gasteiger partial charge >= 0.3 is 0 Å². The van der Waals surface area contributed by atoms with Crippen molar-refractivity contribution >= 4 is 27.7 Å². The van der Waals surface area contributed by atoms with E-state index in [1.54, 1.807) is 25.8 Å². The van der Waals surface area contributed by atoms with Crippen LogP contribution in [0.25, 0.3) is 0 Å². The molecule has 0 saturated carbocycles. The maximum atomic E-state index is 9.81. The third-order valence-electron chi connectivity index (χ3n) is 2.71. The minimum absolute atomic E-state index is 0.478. The van der Waals surface area contributed by atoms with Gasteiger partial charge in [0.2, 0.25) is 0 Å². The third-order valence-corrected chi connectivity index (χ3v) is 4.29. The largest absolute Gasteiger partial charge is 0.497 e. The van der Waals surface area contributed by atoms with Crippen LogP contribution in [-0.4, -0.2) is 12.2 Å². The van der Waals surface area contributed by atoms with E-state index >= 15 is 0 Å². The van der Waals surface area contributed by atoms with Gasteiger partial charge in [-0.25, -0.2) is 0 Å². The molecule has 0 heterocycles. The third kappa shape index (κ3) is 3.75. The number of rotatable bonds is 4. The van der Waals surface area contributed by atoms with Gasteiger partial charge in [0.1, 0.15) is 5.75 Å². The second-order valence-corrected chi connectivity index (χ2v) is 6.17.